The van der Waals surface area contributed by atoms with E-state index in [-0.39, 0.29) is 5.56 Å². The first-order chi connectivity index (χ1) is 15.0. The number of nitrogens with one attached hydrogen (secondary N) is 1. The Bertz CT molecular complexity index is 1040. The summed E-state index contributed by atoms with van der Waals surface area (Å²) in [6.07, 6.45) is 6.83. The number of aromatic amines is 1. The lowest BCUT2D eigenvalue weighted by molar-refractivity contribution is 0.143. The molecule has 168 valence electrons. The van der Waals surface area contributed by atoms with E-state index < -0.39 is 0 Å². The number of nitrogens with zero attached hydrogens (tertiary/aromatic N) is 5. The Kier molecular flexibility index (Phi) is 6.57. The molecule has 0 bridgehead atoms. The highest BCUT2D eigenvalue weighted by molar-refractivity contribution is 5.67. The molecule has 1 unspecified atom stereocenters. The molecule has 3 heterocycles. The van der Waals surface area contributed by atoms with Gasteiger partial charge in [0.05, 0.1) is 12.3 Å². The van der Waals surface area contributed by atoms with Gasteiger partial charge in [-0.05, 0) is 45.7 Å². The molecule has 8 heteroatoms. The van der Waals surface area contributed by atoms with Crippen molar-refractivity contribution in [2.24, 2.45) is 5.92 Å². The van der Waals surface area contributed by atoms with Gasteiger partial charge in [-0.2, -0.15) is 0 Å². The summed E-state index contributed by atoms with van der Waals surface area (Å²) in [5.41, 5.74) is 2.08. The summed E-state index contributed by atoms with van der Waals surface area (Å²) in [4.78, 5) is 25.4. The van der Waals surface area contributed by atoms with E-state index in [0.29, 0.717) is 23.9 Å². The lowest BCUT2D eigenvalue weighted by Crippen LogP contribution is -2.46. The standard InChI is InChI=1S/C23H34N6O2/c1-5-7-20-24-16(3)21-23(30)25-22(26-29(20)21)18-14-17(8-9-19(18)31-6-2)15-28-12-10-27(4)11-13-28/h8-9,17H,5-7,10-15H2,1-4H3,(H,25,26,30). The van der Waals surface area contributed by atoms with Crippen LogP contribution in [0.15, 0.2) is 22.7 Å². The highest BCUT2D eigenvalue weighted by Crippen LogP contribution is 2.31. The quantitative estimate of drug-likeness (QED) is 0.732. The number of piperazine rings is 1. The first-order valence-electron chi connectivity index (χ1n) is 11.4. The minimum Gasteiger partial charge on any atom is -0.493 e. The molecule has 1 N–H and O–H groups in total. The second-order valence-corrected chi connectivity index (χ2v) is 8.63. The van der Waals surface area contributed by atoms with Crippen LogP contribution in [0.3, 0.4) is 0 Å². The number of rotatable bonds is 7. The molecule has 1 saturated heterocycles. The summed E-state index contributed by atoms with van der Waals surface area (Å²) < 4.78 is 7.66. The first-order valence-corrected chi connectivity index (χ1v) is 11.4. The predicted molar refractivity (Wildman–Crippen MR) is 122 cm³/mol. The Morgan fingerprint density at radius 3 is 2.71 bits per heavy atom. The van der Waals surface area contributed by atoms with Crippen molar-refractivity contribution in [3.05, 3.63) is 45.6 Å². The number of hydrogen-bond acceptors (Lipinski definition) is 6. The van der Waals surface area contributed by atoms with Gasteiger partial charge in [-0.25, -0.2) is 9.50 Å². The number of aromatic nitrogens is 4. The minimum absolute atomic E-state index is 0.147. The van der Waals surface area contributed by atoms with E-state index in [2.05, 4.69) is 45.9 Å². The number of aryl methyl sites for hydroxylation is 2. The van der Waals surface area contributed by atoms with Gasteiger partial charge in [-0.1, -0.05) is 13.0 Å². The molecule has 2 aromatic heterocycles. The van der Waals surface area contributed by atoms with Crippen molar-refractivity contribution in [3.8, 4) is 0 Å². The molecule has 31 heavy (non-hydrogen) atoms. The molecule has 1 aliphatic heterocycles. The van der Waals surface area contributed by atoms with Crippen LogP contribution in [-0.4, -0.2) is 75.8 Å². The molecular weight excluding hydrogens is 392 g/mol. The Morgan fingerprint density at radius 2 is 2.00 bits per heavy atom. The maximum absolute atomic E-state index is 12.9. The lowest BCUT2D eigenvalue weighted by Gasteiger charge is -2.35. The van der Waals surface area contributed by atoms with Crippen LogP contribution in [0.5, 0.6) is 0 Å². The van der Waals surface area contributed by atoms with Crippen LogP contribution in [0.2, 0.25) is 0 Å². The van der Waals surface area contributed by atoms with Gasteiger partial charge in [0.25, 0.3) is 5.56 Å². The Hall–Kier alpha value is -2.45. The molecule has 1 aliphatic carbocycles. The van der Waals surface area contributed by atoms with Gasteiger partial charge in [0.2, 0.25) is 0 Å². The van der Waals surface area contributed by atoms with Crippen LogP contribution in [-0.2, 0) is 11.2 Å². The van der Waals surface area contributed by atoms with Gasteiger partial charge < -0.3 is 19.5 Å². The largest absolute Gasteiger partial charge is 0.493 e. The summed E-state index contributed by atoms with van der Waals surface area (Å²) >= 11 is 0. The molecule has 0 amide bonds. The van der Waals surface area contributed by atoms with Crippen molar-refractivity contribution < 1.29 is 4.74 Å². The Labute approximate surface area is 183 Å². The molecule has 0 saturated carbocycles. The number of H-pyrrole nitrogens is 1. The highest BCUT2D eigenvalue weighted by Gasteiger charge is 2.25. The topological polar surface area (TPSA) is 78.8 Å². The lowest BCUT2D eigenvalue weighted by atomic mass is 9.92. The summed E-state index contributed by atoms with van der Waals surface area (Å²) in [7, 11) is 2.18. The van der Waals surface area contributed by atoms with E-state index in [0.717, 1.165) is 74.8 Å². The summed E-state index contributed by atoms with van der Waals surface area (Å²) in [6.45, 7) is 11.9. The van der Waals surface area contributed by atoms with E-state index in [4.69, 9.17) is 9.84 Å². The monoisotopic (exact) mass is 426 g/mol. The smallest absolute Gasteiger partial charge is 0.277 e. The zero-order valence-electron chi connectivity index (χ0n) is 19.1. The summed E-state index contributed by atoms with van der Waals surface area (Å²) in [5, 5.41) is 4.83. The summed E-state index contributed by atoms with van der Waals surface area (Å²) in [5.74, 6) is 2.58. The molecule has 0 spiro atoms. The molecule has 4 rings (SSSR count). The van der Waals surface area contributed by atoms with Crippen molar-refractivity contribution in [2.45, 2.75) is 40.0 Å². The van der Waals surface area contributed by atoms with Crippen LogP contribution in [0, 0.1) is 12.8 Å². The second-order valence-electron chi connectivity index (χ2n) is 8.63. The molecule has 8 nitrogen and oxygen atoms in total. The van der Waals surface area contributed by atoms with E-state index in [9.17, 15) is 4.79 Å². The molecule has 0 radical (unpaired) electrons. The fraction of sp³-hybridized carbons (Fsp3) is 0.609. The Morgan fingerprint density at radius 1 is 1.23 bits per heavy atom. The van der Waals surface area contributed by atoms with Crippen molar-refractivity contribution >= 4 is 11.1 Å². The zero-order chi connectivity index (χ0) is 22.0. The molecule has 2 aliphatic rings. The average Bonchev–Trinajstić information content (AvgIpc) is 3.07. The molecule has 0 aromatic carbocycles. The van der Waals surface area contributed by atoms with Crippen molar-refractivity contribution in [3.63, 3.8) is 0 Å². The fourth-order valence-electron chi connectivity index (χ4n) is 4.50. The Balaban J connectivity index is 1.66. The van der Waals surface area contributed by atoms with Gasteiger partial charge in [-0.15, -0.1) is 5.10 Å². The van der Waals surface area contributed by atoms with E-state index in [1.54, 1.807) is 4.52 Å². The number of allylic oxidation sites excluding steroid dienone is 2. The fourth-order valence-corrected chi connectivity index (χ4v) is 4.50. The average molecular weight is 427 g/mol. The molecule has 2 aromatic rings. The third kappa shape index (κ3) is 4.60. The van der Waals surface area contributed by atoms with Crippen LogP contribution in [0.1, 0.15) is 44.0 Å². The summed E-state index contributed by atoms with van der Waals surface area (Å²) in [6, 6.07) is 0. The number of likely N-dealkylation sites (N-methyl/N-ethyl adjacent to an activating group) is 1. The number of ether oxygens (including phenoxy) is 1. The zero-order valence-corrected chi connectivity index (χ0v) is 19.1. The van der Waals surface area contributed by atoms with Crippen LogP contribution < -0.4 is 5.56 Å². The second kappa shape index (κ2) is 9.36. The molecular formula is C23H34N6O2. The third-order valence-electron chi connectivity index (χ3n) is 6.17. The van der Waals surface area contributed by atoms with Gasteiger partial charge in [0.15, 0.2) is 11.3 Å². The van der Waals surface area contributed by atoms with Gasteiger partial charge >= 0.3 is 0 Å². The first kappa shape index (κ1) is 21.8. The highest BCUT2D eigenvalue weighted by atomic mass is 16.5. The predicted octanol–water partition coefficient (Wildman–Crippen LogP) is 2.25. The van der Waals surface area contributed by atoms with Crippen LogP contribution >= 0.6 is 0 Å². The van der Waals surface area contributed by atoms with Crippen molar-refractivity contribution in [2.75, 3.05) is 46.4 Å². The van der Waals surface area contributed by atoms with E-state index in [1.807, 2.05) is 13.8 Å². The maximum atomic E-state index is 12.9. The number of imidazole rings is 1. The van der Waals surface area contributed by atoms with Crippen LogP contribution in [0.4, 0.5) is 0 Å². The SMILES string of the molecule is CCCc1nc(C)c2c(=O)[nH]c(C3=C(OCC)C=CC(CN4CCN(C)CC4)C3)nn12. The molecule has 1 fully saturated rings. The van der Waals surface area contributed by atoms with Gasteiger partial charge in [0, 0.05) is 44.7 Å². The van der Waals surface area contributed by atoms with Crippen molar-refractivity contribution in [1.29, 1.82) is 0 Å². The van der Waals surface area contributed by atoms with Gasteiger partial charge in [-0.3, -0.25) is 4.79 Å². The maximum Gasteiger partial charge on any atom is 0.277 e. The third-order valence-corrected chi connectivity index (χ3v) is 6.17. The number of hydrogen-bond donors (Lipinski definition) is 1. The van der Waals surface area contributed by atoms with Crippen LogP contribution in [0.25, 0.3) is 11.1 Å². The number of fused-ring (bicyclic) bond motifs is 1. The van der Waals surface area contributed by atoms with Gasteiger partial charge in [0.1, 0.15) is 11.6 Å². The van der Waals surface area contributed by atoms with E-state index >= 15 is 0 Å². The van der Waals surface area contributed by atoms with E-state index in [1.165, 1.54) is 0 Å². The van der Waals surface area contributed by atoms with Crippen molar-refractivity contribution in [1.82, 2.24) is 29.4 Å². The minimum atomic E-state index is -0.147. The normalized spacial score (nSPS) is 20.7. The molecule has 1 atom stereocenters.